The smallest absolute Gasteiger partial charge is 0.222 e. The van der Waals surface area contributed by atoms with Crippen LogP contribution in [0.1, 0.15) is 33.1 Å². The lowest BCUT2D eigenvalue weighted by molar-refractivity contribution is -0.139. The first-order valence-electron chi connectivity index (χ1n) is 6.87. The van der Waals surface area contributed by atoms with E-state index in [4.69, 9.17) is 4.74 Å². The van der Waals surface area contributed by atoms with Gasteiger partial charge in [-0.3, -0.25) is 9.69 Å². The molecule has 0 aromatic heterocycles. The van der Waals surface area contributed by atoms with Crippen LogP contribution in [-0.4, -0.2) is 60.6 Å². The summed E-state index contributed by atoms with van der Waals surface area (Å²) in [5.74, 6) is 0.296. The molecule has 0 aliphatic carbocycles. The summed E-state index contributed by atoms with van der Waals surface area (Å²) in [5, 5.41) is 0. The number of hydrogen-bond donors (Lipinski definition) is 0. The maximum absolute atomic E-state index is 11.5. The van der Waals surface area contributed by atoms with Crippen LogP contribution < -0.4 is 0 Å². The number of likely N-dealkylation sites (tertiary alicyclic amines) is 1. The van der Waals surface area contributed by atoms with E-state index >= 15 is 0 Å². The molecule has 0 bridgehead atoms. The number of likely N-dealkylation sites (N-methyl/N-ethyl adjacent to an activating group) is 1. The zero-order chi connectivity index (χ0) is 12.3. The molecule has 4 nitrogen and oxygen atoms in total. The Morgan fingerprint density at radius 3 is 2.41 bits per heavy atom. The summed E-state index contributed by atoms with van der Waals surface area (Å²) in [6, 6.07) is 1.25. The van der Waals surface area contributed by atoms with E-state index in [0.717, 1.165) is 45.7 Å². The van der Waals surface area contributed by atoms with Crippen LogP contribution in [0.25, 0.3) is 0 Å². The second-order valence-corrected chi connectivity index (χ2v) is 4.98. The molecule has 17 heavy (non-hydrogen) atoms. The summed E-state index contributed by atoms with van der Waals surface area (Å²) < 4.78 is 5.41. The largest absolute Gasteiger partial charge is 0.381 e. The molecule has 98 valence electrons. The monoisotopic (exact) mass is 240 g/mol. The highest BCUT2D eigenvalue weighted by Gasteiger charge is 2.36. The number of carbonyl (C=O) groups is 1. The van der Waals surface area contributed by atoms with Crippen molar-refractivity contribution in [3.05, 3.63) is 0 Å². The van der Waals surface area contributed by atoms with Gasteiger partial charge >= 0.3 is 0 Å². The van der Waals surface area contributed by atoms with Gasteiger partial charge in [0, 0.05) is 44.8 Å². The van der Waals surface area contributed by atoms with Gasteiger partial charge in [0.25, 0.3) is 0 Å². The van der Waals surface area contributed by atoms with Crippen molar-refractivity contribution in [2.24, 2.45) is 0 Å². The average Bonchev–Trinajstić information content (AvgIpc) is 2.33. The van der Waals surface area contributed by atoms with E-state index in [2.05, 4.69) is 11.8 Å². The number of ether oxygens (including phenoxy) is 1. The van der Waals surface area contributed by atoms with E-state index in [1.165, 1.54) is 0 Å². The Morgan fingerprint density at radius 2 is 1.88 bits per heavy atom. The highest BCUT2D eigenvalue weighted by atomic mass is 16.5. The van der Waals surface area contributed by atoms with Gasteiger partial charge < -0.3 is 9.64 Å². The molecule has 0 radical (unpaired) electrons. The third-order valence-corrected chi connectivity index (χ3v) is 4.01. The van der Waals surface area contributed by atoms with Crippen molar-refractivity contribution >= 4 is 5.91 Å². The van der Waals surface area contributed by atoms with Crippen LogP contribution in [0.5, 0.6) is 0 Å². The Bertz CT molecular complexity index is 258. The van der Waals surface area contributed by atoms with Crippen molar-refractivity contribution in [2.75, 3.05) is 32.8 Å². The minimum absolute atomic E-state index is 0.296. The normalized spacial score (nSPS) is 22.9. The van der Waals surface area contributed by atoms with E-state index < -0.39 is 0 Å². The molecule has 2 saturated heterocycles. The van der Waals surface area contributed by atoms with E-state index in [1.54, 1.807) is 0 Å². The first-order chi connectivity index (χ1) is 8.26. The predicted octanol–water partition coefficient (Wildman–Crippen LogP) is 1.11. The molecule has 2 aliphatic heterocycles. The van der Waals surface area contributed by atoms with Crippen LogP contribution in [0.4, 0.5) is 0 Å². The quantitative estimate of drug-likeness (QED) is 0.738. The Morgan fingerprint density at radius 1 is 1.24 bits per heavy atom. The van der Waals surface area contributed by atoms with Gasteiger partial charge in [0.2, 0.25) is 5.91 Å². The summed E-state index contributed by atoms with van der Waals surface area (Å²) in [4.78, 5) is 16.1. The van der Waals surface area contributed by atoms with E-state index in [9.17, 15) is 4.79 Å². The third kappa shape index (κ3) is 2.80. The standard InChI is InChI=1S/C13H24N2O2/c1-3-13(16)14-9-12(10-14)15(4-2)11-5-7-17-8-6-11/h11-12H,3-10H2,1-2H3. The summed E-state index contributed by atoms with van der Waals surface area (Å²) >= 11 is 0. The van der Waals surface area contributed by atoms with Crippen LogP contribution in [0.3, 0.4) is 0 Å². The summed E-state index contributed by atoms with van der Waals surface area (Å²) in [6.45, 7) is 8.89. The fraction of sp³-hybridized carbons (Fsp3) is 0.923. The molecule has 2 rings (SSSR count). The van der Waals surface area contributed by atoms with Gasteiger partial charge in [-0.15, -0.1) is 0 Å². The Balaban J connectivity index is 1.82. The first kappa shape index (κ1) is 12.8. The third-order valence-electron chi connectivity index (χ3n) is 4.01. The van der Waals surface area contributed by atoms with Crippen LogP contribution in [0, 0.1) is 0 Å². The molecule has 4 heteroatoms. The predicted molar refractivity (Wildman–Crippen MR) is 66.9 cm³/mol. The molecule has 2 aliphatic rings. The van der Waals surface area contributed by atoms with Crippen molar-refractivity contribution in [1.82, 2.24) is 9.80 Å². The molecule has 0 aromatic rings. The maximum atomic E-state index is 11.5. The fourth-order valence-corrected chi connectivity index (χ4v) is 2.92. The van der Waals surface area contributed by atoms with E-state index in [1.807, 2.05) is 11.8 Å². The molecule has 2 heterocycles. The Kier molecular flexibility index (Phi) is 4.40. The van der Waals surface area contributed by atoms with Gasteiger partial charge in [0.15, 0.2) is 0 Å². The van der Waals surface area contributed by atoms with Gasteiger partial charge in [-0.05, 0) is 19.4 Å². The summed E-state index contributed by atoms with van der Waals surface area (Å²) in [5.41, 5.74) is 0. The number of nitrogens with zero attached hydrogens (tertiary/aromatic N) is 2. The number of carbonyl (C=O) groups excluding carboxylic acids is 1. The second-order valence-electron chi connectivity index (χ2n) is 4.98. The van der Waals surface area contributed by atoms with Gasteiger partial charge in [-0.2, -0.15) is 0 Å². The molecule has 2 fully saturated rings. The lowest BCUT2D eigenvalue weighted by atomic mass is 10.00. The minimum Gasteiger partial charge on any atom is -0.381 e. The molecule has 0 spiro atoms. The van der Waals surface area contributed by atoms with Gasteiger partial charge in [-0.1, -0.05) is 13.8 Å². The van der Waals surface area contributed by atoms with Crippen LogP contribution in [0.15, 0.2) is 0 Å². The molecule has 0 saturated carbocycles. The molecule has 1 amide bonds. The summed E-state index contributed by atoms with van der Waals surface area (Å²) in [6.07, 6.45) is 2.92. The Hall–Kier alpha value is -0.610. The van der Waals surface area contributed by atoms with E-state index in [0.29, 0.717) is 24.4 Å². The topological polar surface area (TPSA) is 32.8 Å². The zero-order valence-electron chi connectivity index (χ0n) is 11.0. The molecule has 0 atom stereocenters. The average molecular weight is 240 g/mol. The zero-order valence-corrected chi connectivity index (χ0v) is 11.0. The Labute approximate surface area is 104 Å². The first-order valence-corrected chi connectivity index (χ1v) is 6.87. The molecule has 0 unspecified atom stereocenters. The van der Waals surface area contributed by atoms with Crippen LogP contribution in [-0.2, 0) is 9.53 Å². The maximum Gasteiger partial charge on any atom is 0.222 e. The minimum atomic E-state index is 0.296. The highest BCUT2D eigenvalue weighted by molar-refractivity contribution is 5.76. The number of amides is 1. The molecule has 0 aromatic carbocycles. The van der Waals surface area contributed by atoms with Gasteiger partial charge in [-0.25, -0.2) is 0 Å². The highest BCUT2D eigenvalue weighted by Crippen LogP contribution is 2.23. The van der Waals surface area contributed by atoms with Crippen LogP contribution in [0.2, 0.25) is 0 Å². The lowest BCUT2D eigenvalue weighted by Gasteiger charge is -2.48. The van der Waals surface area contributed by atoms with Gasteiger partial charge in [0.05, 0.1) is 0 Å². The number of hydrogen-bond acceptors (Lipinski definition) is 3. The van der Waals surface area contributed by atoms with Gasteiger partial charge in [0.1, 0.15) is 0 Å². The SMILES string of the molecule is CCC(=O)N1CC(N(CC)C2CCOCC2)C1. The van der Waals surface area contributed by atoms with Crippen molar-refractivity contribution in [3.8, 4) is 0 Å². The van der Waals surface area contributed by atoms with Crippen molar-refractivity contribution < 1.29 is 9.53 Å². The molecular formula is C13H24N2O2. The molecule has 0 N–H and O–H groups in total. The number of rotatable bonds is 4. The lowest BCUT2D eigenvalue weighted by Crippen LogP contribution is -2.63. The van der Waals surface area contributed by atoms with Crippen molar-refractivity contribution in [2.45, 2.75) is 45.2 Å². The van der Waals surface area contributed by atoms with Crippen molar-refractivity contribution in [1.29, 1.82) is 0 Å². The van der Waals surface area contributed by atoms with Crippen LogP contribution >= 0.6 is 0 Å². The fourth-order valence-electron chi connectivity index (χ4n) is 2.92. The second kappa shape index (κ2) is 5.83. The van der Waals surface area contributed by atoms with Crippen molar-refractivity contribution in [3.63, 3.8) is 0 Å². The molecular weight excluding hydrogens is 216 g/mol. The van der Waals surface area contributed by atoms with E-state index in [-0.39, 0.29) is 0 Å². The summed E-state index contributed by atoms with van der Waals surface area (Å²) in [7, 11) is 0.